The van der Waals surface area contributed by atoms with Gasteiger partial charge in [-0.25, -0.2) is 5.14 Å². The van der Waals surface area contributed by atoms with E-state index in [4.69, 9.17) is 10.2 Å². The number of aliphatic carboxylic acids is 1. The summed E-state index contributed by atoms with van der Waals surface area (Å²) in [5.74, 6) is -1.48. The van der Waals surface area contributed by atoms with Gasteiger partial charge in [-0.05, 0) is 0 Å². The molecule has 7 nitrogen and oxygen atoms in total. The van der Waals surface area contributed by atoms with Gasteiger partial charge in [-0.3, -0.25) is 4.79 Å². The molecule has 11 heavy (non-hydrogen) atoms. The van der Waals surface area contributed by atoms with Crippen LogP contribution in [0.25, 0.3) is 0 Å². The van der Waals surface area contributed by atoms with E-state index in [-0.39, 0.29) is 0 Å². The number of hydrogen-bond donors (Lipinski definition) is 4. The van der Waals surface area contributed by atoms with Gasteiger partial charge in [0, 0.05) is 0 Å². The summed E-state index contributed by atoms with van der Waals surface area (Å²) >= 11 is 0. The summed E-state index contributed by atoms with van der Waals surface area (Å²) in [4.78, 5) is 10.1. The van der Waals surface area contributed by atoms with Crippen LogP contribution < -0.4 is 9.86 Å². The summed E-state index contributed by atoms with van der Waals surface area (Å²) in [5, 5.41) is 20.9. The van der Waals surface area contributed by atoms with Gasteiger partial charge in [0.25, 0.3) is 10.2 Å². The Morgan fingerprint density at radius 1 is 1.64 bits per heavy atom. The molecule has 0 spiro atoms. The Balaban J connectivity index is 4.22. The molecule has 66 valence electrons. The largest absolute Gasteiger partial charge is 0.480 e. The molecule has 5 N–H and O–H groups in total. The lowest BCUT2D eigenvalue weighted by Crippen LogP contribution is -2.46. The molecule has 0 aliphatic carbocycles. The summed E-state index contributed by atoms with van der Waals surface area (Å²) in [5.41, 5.74) is 0. The van der Waals surface area contributed by atoms with Crippen molar-refractivity contribution in [2.45, 2.75) is 6.04 Å². The highest BCUT2D eigenvalue weighted by atomic mass is 32.2. The lowest BCUT2D eigenvalue weighted by molar-refractivity contribution is -0.139. The van der Waals surface area contributed by atoms with Crippen LogP contribution in [-0.2, 0) is 15.0 Å². The zero-order chi connectivity index (χ0) is 9.07. The lowest BCUT2D eigenvalue weighted by atomic mass is 10.3. The predicted octanol–water partition coefficient (Wildman–Crippen LogP) is -2.77. The van der Waals surface area contributed by atoms with E-state index in [2.05, 4.69) is 5.14 Å². The molecule has 0 radical (unpaired) electrons. The maximum Gasteiger partial charge on any atom is 0.324 e. The fourth-order valence-corrected chi connectivity index (χ4v) is 0.936. The van der Waals surface area contributed by atoms with Crippen LogP contribution in [0.1, 0.15) is 0 Å². The van der Waals surface area contributed by atoms with Gasteiger partial charge < -0.3 is 10.2 Å². The van der Waals surface area contributed by atoms with Crippen molar-refractivity contribution in [3.05, 3.63) is 0 Å². The number of carboxylic acid groups (broad SMARTS) is 1. The molecule has 0 aromatic carbocycles. The maximum absolute atomic E-state index is 10.2. The third kappa shape index (κ3) is 4.67. The Morgan fingerprint density at radius 2 is 2.09 bits per heavy atom. The van der Waals surface area contributed by atoms with Crippen LogP contribution in [0.4, 0.5) is 0 Å². The Morgan fingerprint density at radius 3 is 2.18 bits per heavy atom. The van der Waals surface area contributed by atoms with Crippen molar-refractivity contribution in [3.63, 3.8) is 0 Å². The van der Waals surface area contributed by atoms with E-state index in [1.54, 1.807) is 0 Å². The first-order chi connectivity index (χ1) is 4.87. The number of rotatable bonds is 4. The van der Waals surface area contributed by atoms with Crippen LogP contribution >= 0.6 is 0 Å². The molecule has 0 amide bonds. The van der Waals surface area contributed by atoms with Gasteiger partial charge in [0.1, 0.15) is 6.04 Å². The molecular formula is C3H8N2O5S. The smallest absolute Gasteiger partial charge is 0.324 e. The molecular weight excluding hydrogens is 176 g/mol. The van der Waals surface area contributed by atoms with Crippen LogP contribution in [0.5, 0.6) is 0 Å². The molecule has 1 unspecified atom stereocenters. The Labute approximate surface area is 63.0 Å². The maximum atomic E-state index is 10.2. The van der Waals surface area contributed by atoms with Gasteiger partial charge in [-0.1, -0.05) is 0 Å². The van der Waals surface area contributed by atoms with Crippen molar-refractivity contribution in [1.29, 1.82) is 0 Å². The fraction of sp³-hybridized carbons (Fsp3) is 0.667. The standard InChI is InChI=1S/C3H8N2O5S/c4-11(9,10)5-2(1-6)3(7)8/h2,5-6H,1H2,(H,7,8)(H2,4,9,10). The van der Waals surface area contributed by atoms with Crippen molar-refractivity contribution in [3.8, 4) is 0 Å². The fourth-order valence-electron chi connectivity index (χ4n) is 0.364. The molecule has 0 bridgehead atoms. The van der Waals surface area contributed by atoms with Crippen molar-refractivity contribution < 1.29 is 23.4 Å². The van der Waals surface area contributed by atoms with Crippen molar-refractivity contribution in [2.24, 2.45) is 5.14 Å². The van der Waals surface area contributed by atoms with Crippen LogP contribution in [0.3, 0.4) is 0 Å². The van der Waals surface area contributed by atoms with Crippen molar-refractivity contribution >= 4 is 16.2 Å². The first-order valence-corrected chi connectivity index (χ1v) is 4.05. The van der Waals surface area contributed by atoms with Gasteiger partial charge in [-0.15, -0.1) is 0 Å². The highest BCUT2D eigenvalue weighted by molar-refractivity contribution is 7.87. The predicted molar refractivity (Wildman–Crippen MR) is 34.8 cm³/mol. The Hall–Kier alpha value is -0.700. The number of carboxylic acids is 1. The summed E-state index contributed by atoms with van der Waals surface area (Å²) in [7, 11) is -4.07. The minimum Gasteiger partial charge on any atom is -0.480 e. The van der Waals surface area contributed by atoms with E-state index < -0.39 is 28.8 Å². The van der Waals surface area contributed by atoms with Crippen LogP contribution in [0.2, 0.25) is 0 Å². The first-order valence-electron chi connectivity index (χ1n) is 2.50. The highest BCUT2D eigenvalue weighted by Gasteiger charge is 2.19. The minimum absolute atomic E-state index is 0.842. The molecule has 0 rings (SSSR count). The van der Waals surface area contributed by atoms with E-state index in [1.807, 2.05) is 0 Å². The number of nitrogens with two attached hydrogens (primary N) is 1. The number of nitrogens with one attached hydrogen (secondary N) is 1. The van der Waals surface area contributed by atoms with Gasteiger partial charge in [0.05, 0.1) is 6.61 Å². The van der Waals surface area contributed by atoms with E-state index in [0.717, 1.165) is 0 Å². The van der Waals surface area contributed by atoms with Crippen LogP contribution in [0.15, 0.2) is 0 Å². The molecule has 0 aliphatic heterocycles. The van der Waals surface area contributed by atoms with Crippen LogP contribution in [0, 0.1) is 0 Å². The zero-order valence-electron chi connectivity index (χ0n) is 5.39. The van der Waals surface area contributed by atoms with Gasteiger partial charge in [0.15, 0.2) is 0 Å². The zero-order valence-corrected chi connectivity index (χ0v) is 6.21. The quantitative estimate of drug-likeness (QED) is 0.375. The lowest BCUT2D eigenvalue weighted by Gasteiger charge is -2.07. The van der Waals surface area contributed by atoms with E-state index in [0.29, 0.717) is 0 Å². The summed E-state index contributed by atoms with van der Waals surface area (Å²) in [6.07, 6.45) is 0. The van der Waals surface area contributed by atoms with Crippen molar-refractivity contribution in [2.75, 3.05) is 6.61 Å². The number of aliphatic hydroxyl groups excluding tert-OH is 1. The van der Waals surface area contributed by atoms with Gasteiger partial charge >= 0.3 is 5.97 Å². The molecule has 0 aliphatic rings. The number of carbonyl (C=O) groups is 1. The number of aliphatic hydroxyl groups is 1. The molecule has 8 heteroatoms. The number of hydrogen-bond acceptors (Lipinski definition) is 4. The topological polar surface area (TPSA) is 130 Å². The molecule has 0 saturated heterocycles. The molecule has 0 aromatic heterocycles. The monoisotopic (exact) mass is 184 g/mol. The Bertz CT molecular complexity index is 234. The second-order valence-electron chi connectivity index (χ2n) is 1.74. The third-order valence-corrected chi connectivity index (χ3v) is 1.40. The minimum atomic E-state index is -4.07. The van der Waals surface area contributed by atoms with Crippen molar-refractivity contribution in [1.82, 2.24) is 4.72 Å². The van der Waals surface area contributed by atoms with E-state index in [1.165, 1.54) is 4.72 Å². The summed E-state index contributed by atoms with van der Waals surface area (Å²) in [6, 6.07) is -1.58. The van der Waals surface area contributed by atoms with E-state index in [9.17, 15) is 13.2 Å². The molecule has 0 heterocycles. The molecule has 0 aromatic rings. The summed E-state index contributed by atoms with van der Waals surface area (Å²) in [6.45, 7) is -0.842. The van der Waals surface area contributed by atoms with Crippen LogP contribution in [-0.4, -0.2) is 37.2 Å². The molecule has 0 saturated carbocycles. The molecule has 1 atom stereocenters. The van der Waals surface area contributed by atoms with Gasteiger partial charge in [-0.2, -0.15) is 13.1 Å². The van der Waals surface area contributed by atoms with Gasteiger partial charge in [0.2, 0.25) is 0 Å². The second-order valence-corrected chi connectivity index (χ2v) is 3.06. The second kappa shape index (κ2) is 3.62. The normalized spacial score (nSPS) is 14.4. The SMILES string of the molecule is NS(=O)(=O)NC(CO)C(=O)O. The first kappa shape index (κ1) is 10.3. The highest BCUT2D eigenvalue weighted by Crippen LogP contribution is 1.83. The Kier molecular flexibility index (Phi) is 3.39. The summed E-state index contributed by atoms with van der Waals surface area (Å²) < 4.78 is 21.9. The average molecular weight is 184 g/mol. The average Bonchev–Trinajstić information content (AvgIpc) is 1.80. The van der Waals surface area contributed by atoms with E-state index >= 15 is 0 Å². The molecule has 0 fully saturated rings. The third-order valence-electron chi connectivity index (χ3n) is 0.787.